The van der Waals surface area contributed by atoms with Gasteiger partial charge >= 0.3 is 0 Å². The first-order valence-electron chi connectivity index (χ1n) is 12.6. The maximum Gasteiger partial charge on any atom is 0.245 e. The Bertz CT molecular complexity index is 1430. The number of nitrogens with one attached hydrogen (secondary N) is 1. The van der Waals surface area contributed by atoms with Gasteiger partial charge in [-0.05, 0) is 66.8 Å². The summed E-state index contributed by atoms with van der Waals surface area (Å²) < 4.78 is 28.7. The molecule has 2 saturated heterocycles. The fourth-order valence-electron chi connectivity index (χ4n) is 5.39. The van der Waals surface area contributed by atoms with Crippen molar-refractivity contribution >= 4 is 44.2 Å². The Morgan fingerprint density at radius 1 is 1.00 bits per heavy atom. The highest BCUT2D eigenvalue weighted by atomic mass is 35.5. The molecule has 194 valence electrons. The van der Waals surface area contributed by atoms with E-state index < -0.39 is 22.1 Å². The number of piperidine rings is 1. The van der Waals surface area contributed by atoms with Gasteiger partial charge in [-0.1, -0.05) is 54.1 Å². The molecule has 0 aliphatic carbocycles. The number of likely N-dealkylation sites (tertiary alicyclic amines) is 2. The molecule has 0 aromatic heterocycles. The van der Waals surface area contributed by atoms with E-state index in [1.165, 1.54) is 16.5 Å². The molecular weight excluding hydrogens is 510 g/mol. The van der Waals surface area contributed by atoms with Crippen LogP contribution in [0.1, 0.15) is 37.7 Å². The van der Waals surface area contributed by atoms with Crippen LogP contribution in [0.5, 0.6) is 0 Å². The van der Waals surface area contributed by atoms with E-state index in [-0.39, 0.29) is 22.6 Å². The van der Waals surface area contributed by atoms with Crippen molar-refractivity contribution in [3.05, 3.63) is 77.3 Å². The zero-order valence-corrected chi connectivity index (χ0v) is 22.2. The largest absolute Gasteiger partial charge is 0.340 e. The number of sulfonamides is 1. The predicted molar refractivity (Wildman–Crippen MR) is 144 cm³/mol. The van der Waals surface area contributed by atoms with Gasteiger partial charge in [0, 0.05) is 30.6 Å². The van der Waals surface area contributed by atoms with Crippen LogP contribution in [0, 0.1) is 0 Å². The zero-order valence-electron chi connectivity index (χ0n) is 20.6. The summed E-state index contributed by atoms with van der Waals surface area (Å²) in [5.41, 5.74) is 1.22. The monoisotopic (exact) mass is 539 g/mol. The van der Waals surface area contributed by atoms with Crippen molar-refractivity contribution in [1.29, 1.82) is 0 Å². The zero-order chi connectivity index (χ0) is 26.2. The smallest absolute Gasteiger partial charge is 0.245 e. The van der Waals surface area contributed by atoms with Crippen molar-refractivity contribution in [2.75, 3.05) is 19.6 Å². The molecule has 3 aromatic carbocycles. The van der Waals surface area contributed by atoms with E-state index in [9.17, 15) is 18.0 Å². The molecule has 0 spiro atoms. The number of hydrogen-bond acceptors (Lipinski definition) is 4. The lowest BCUT2D eigenvalue weighted by Crippen LogP contribution is -2.52. The molecule has 37 heavy (non-hydrogen) atoms. The van der Waals surface area contributed by atoms with Gasteiger partial charge in [-0.2, -0.15) is 4.72 Å². The third-order valence-corrected chi connectivity index (χ3v) is 9.15. The van der Waals surface area contributed by atoms with E-state index in [1.54, 1.807) is 37.3 Å². The molecule has 7 nitrogen and oxygen atoms in total. The molecule has 2 aliphatic heterocycles. The predicted octanol–water partition coefficient (Wildman–Crippen LogP) is 4.17. The lowest BCUT2D eigenvalue weighted by atomic mass is 9.90. The number of hydrogen-bond donors (Lipinski definition) is 1. The maximum atomic E-state index is 13.4. The summed E-state index contributed by atoms with van der Waals surface area (Å²) in [6.45, 7) is 3.35. The SMILES string of the molecule is CC(C(=O)N1CCCC(c2ccccc2)C1)N1CC[C@H](NS(=O)(=O)c2ccc3cc(Cl)ccc3c2)C1=O. The average molecular weight is 540 g/mol. The number of halogens is 1. The highest BCUT2D eigenvalue weighted by molar-refractivity contribution is 7.89. The van der Waals surface area contributed by atoms with E-state index in [0.29, 0.717) is 31.1 Å². The van der Waals surface area contributed by atoms with Crippen molar-refractivity contribution in [1.82, 2.24) is 14.5 Å². The lowest BCUT2D eigenvalue weighted by Gasteiger charge is -2.36. The third-order valence-electron chi connectivity index (χ3n) is 7.45. The molecule has 5 rings (SSSR count). The van der Waals surface area contributed by atoms with Gasteiger partial charge in [-0.3, -0.25) is 9.59 Å². The van der Waals surface area contributed by atoms with Crippen molar-refractivity contribution in [2.24, 2.45) is 0 Å². The quantitative estimate of drug-likeness (QED) is 0.509. The van der Waals surface area contributed by atoms with Crippen LogP contribution < -0.4 is 4.72 Å². The minimum absolute atomic E-state index is 0.0815. The topological polar surface area (TPSA) is 86.8 Å². The number of benzene rings is 3. The van der Waals surface area contributed by atoms with Crippen LogP contribution in [0.2, 0.25) is 5.02 Å². The van der Waals surface area contributed by atoms with Crippen LogP contribution >= 0.6 is 11.6 Å². The molecule has 2 fully saturated rings. The van der Waals surface area contributed by atoms with E-state index >= 15 is 0 Å². The molecule has 0 bridgehead atoms. The van der Waals surface area contributed by atoms with Crippen LogP contribution in [0.3, 0.4) is 0 Å². The minimum atomic E-state index is -3.93. The number of nitrogens with zero attached hydrogens (tertiary/aromatic N) is 2. The lowest BCUT2D eigenvalue weighted by molar-refractivity contribution is -0.144. The standard InChI is InChI=1S/C28H30ClN3O4S/c1-19(27(33)31-14-5-8-23(18-31)20-6-3-2-4-7-20)32-15-13-26(28(32)34)30-37(35,36)25-12-10-21-16-24(29)11-9-22(21)17-25/h2-4,6-7,9-12,16-17,19,23,26,30H,5,8,13-15,18H2,1H3/t19?,23?,26-/m0/s1. The Balaban J connectivity index is 1.24. The second kappa shape index (κ2) is 10.4. The molecule has 0 radical (unpaired) electrons. The van der Waals surface area contributed by atoms with Crippen LogP contribution in [-0.4, -0.2) is 61.7 Å². The normalized spacial score (nSPS) is 21.4. The van der Waals surface area contributed by atoms with Crippen LogP contribution in [0.15, 0.2) is 71.6 Å². The molecule has 9 heteroatoms. The molecule has 2 amide bonds. The first kappa shape index (κ1) is 25.7. The summed E-state index contributed by atoms with van der Waals surface area (Å²) in [4.78, 5) is 30.0. The highest BCUT2D eigenvalue weighted by Gasteiger charge is 2.40. The third kappa shape index (κ3) is 5.37. The fourth-order valence-corrected chi connectivity index (χ4v) is 6.82. The van der Waals surface area contributed by atoms with Gasteiger partial charge in [-0.25, -0.2) is 8.42 Å². The van der Waals surface area contributed by atoms with E-state index in [0.717, 1.165) is 23.6 Å². The molecule has 0 saturated carbocycles. The van der Waals surface area contributed by atoms with Crippen LogP contribution in [0.4, 0.5) is 0 Å². The number of carbonyl (C=O) groups excluding carboxylic acids is 2. The fraction of sp³-hybridized carbons (Fsp3) is 0.357. The maximum absolute atomic E-state index is 13.4. The van der Waals surface area contributed by atoms with Crippen LogP contribution in [0.25, 0.3) is 10.8 Å². The van der Waals surface area contributed by atoms with Crippen molar-refractivity contribution in [2.45, 2.75) is 49.1 Å². The first-order valence-corrected chi connectivity index (χ1v) is 14.4. The Hall–Kier alpha value is -2.94. The van der Waals surface area contributed by atoms with E-state index in [2.05, 4.69) is 16.9 Å². The molecule has 3 aromatic rings. The number of fused-ring (bicyclic) bond motifs is 1. The second-order valence-electron chi connectivity index (χ2n) is 9.86. The summed E-state index contributed by atoms with van der Waals surface area (Å²) >= 11 is 6.02. The summed E-state index contributed by atoms with van der Waals surface area (Å²) in [5.74, 6) is -0.183. The summed E-state index contributed by atoms with van der Waals surface area (Å²) in [6, 6.07) is 18.6. The van der Waals surface area contributed by atoms with Gasteiger partial charge in [0.15, 0.2) is 0 Å². The van der Waals surface area contributed by atoms with Gasteiger partial charge in [0.05, 0.1) is 4.90 Å². The van der Waals surface area contributed by atoms with Crippen LogP contribution in [-0.2, 0) is 19.6 Å². The van der Waals surface area contributed by atoms with Gasteiger partial charge in [0.2, 0.25) is 21.8 Å². The summed E-state index contributed by atoms with van der Waals surface area (Å²) in [6.07, 6.45) is 2.24. The van der Waals surface area contributed by atoms with Gasteiger partial charge in [0.1, 0.15) is 12.1 Å². The number of amides is 2. The van der Waals surface area contributed by atoms with E-state index in [4.69, 9.17) is 11.6 Å². The minimum Gasteiger partial charge on any atom is -0.340 e. The van der Waals surface area contributed by atoms with Gasteiger partial charge in [-0.15, -0.1) is 0 Å². The summed E-state index contributed by atoms with van der Waals surface area (Å²) in [5, 5.41) is 2.14. The molecule has 2 heterocycles. The Labute approximate surface area is 222 Å². The molecule has 2 unspecified atom stereocenters. The molecule has 2 aliphatic rings. The Kier molecular flexibility index (Phi) is 7.25. The van der Waals surface area contributed by atoms with Crippen molar-refractivity contribution in [3.63, 3.8) is 0 Å². The highest BCUT2D eigenvalue weighted by Crippen LogP contribution is 2.28. The van der Waals surface area contributed by atoms with Crippen molar-refractivity contribution in [3.8, 4) is 0 Å². The Morgan fingerprint density at radius 3 is 2.51 bits per heavy atom. The van der Waals surface area contributed by atoms with E-state index in [1.807, 2.05) is 23.1 Å². The second-order valence-corrected chi connectivity index (χ2v) is 12.0. The molecule has 1 N–H and O–H groups in total. The number of rotatable bonds is 6. The van der Waals surface area contributed by atoms with Gasteiger partial charge < -0.3 is 9.80 Å². The Morgan fingerprint density at radius 2 is 1.73 bits per heavy atom. The number of carbonyl (C=O) groups is 2. The van der Waals surface area contributed by atoms with Crippen molar-refractivity contribution < 1.29 is 18.0 Å². The average Bonchev–Trinajstić information content (AvgIpc) is 3.27. The molecule has 3 atom stereocenters. The first-order chi connectivity index (χ1) is 17.7. The van der Waals surface area contributed by atoms with Gasteiger partial charge in [0.25, 0.3) is 0 Å². The molecular formula is C28H30ClN3O4S. The summed E-state index contributed by atoms with van der Waals surface area (Å²) in [7, 11) is -3.93.